The second kappa shape index (κ2) is 16.4. The van der Waals surface area contributed by atoms with Gasteiger partial charge in [0, 0.05) is 51.0 Å². The zero-order valence-corrected chi connectivity index (χ0v) is 28.8. The van der Waals surface area contributed by atoms with E-state index >= 15 is 0 Å². The van der Waals surface area contributed by atoms with Crippen LogP contribution in [0.3, 0.4) is 0 Å². The van der Waals surface area contributed by atoms with Gasteiger partial charge in [0.2, 0.25) is 29.5 Å². The van der Waals surface area contributed by atoms with Crippen LogP contribution in [0.15, 0.2) is 48.5 Å². The first-order valence-electron chi connectivity index (χ1n) is 17.3. The number of nitrogens with one attached hydrogen (secondary N) is 5. The number of nitrogens with zero attached hydrogens (tertiary/aromatic N) is 3. The number of amides is 6. The lowest BCUT2D eigenvalue weighted by Gasteiger charge is -2.27. The number of hydrogen-bond acceptors (Lipinski definition) is 7. The molecular weight excluding hydrogens is 640 g/mol. The molecule has 1 aromatic heterocycles. The van der Waals surface area contributed by atoms with Gasteiger partial charge < -0.3 is 36.1 Å². The van der Waals surface area contributed by atoms with Gasteiger partial charge in [-0.1, -0.05) is 44.2 Å². The van der Waals surface area contributed by atoms with E-state index in [0.717, 1.165) is 28.8 Å². The molecule has 266 valence electrons. The van der Waals surface area contributed by atoms with Crippen LogP contribution in [0.2, 0.25) is 0 Å². The van der Waals surface area contributed by atoms with Crippen molar-refractivity contribution in [1.82, 2.24) is 41.0 Å². The zero-order valence-electron chi connectivity index (χ0n) is 28.8. The molecule has 0 saturated carbocycles. The molecule has 5 N–H and O–H groups in total. The second-order valence-electron chi connectivity index (χ2n) is 13.3. The van der Waals surface area contributed by atoms with Gasteiger partial charge in [0.1, 0.15) is 23.9 Å². The molecule has 2 aliphatic rings. The quantitative estimate of drug-likeness (QED) is 0.263. The van der Waals surface area contributed by atoms with Crippen molar-refractivity contribution in [2.24, 2.45) is 5.92 Å². The van der Waals surface area contributed by atoms with Crippen LogP contribution in [0.4, 0.5) is 0 Å². The van der Waals surface area contributed by atoms with Crippen molar-refractivity contribution in [2.45, 2.75) is 77.5 Å². The number of aryl methyl sites for hydroxylation is 1. The Morgan fingerprint density at radius 3 is 2.40 bits per heavy atom. The first-order valence-corrected chi connectivity index (χ1v) is 17.3. The Labute approximate surface area is 291 Å². The highest BCUT2D eigenvalue weighted by Crippen LogP contribution is 2.21. The highest BCUT2D eigenvalue weighted by molar-refractivity contribution is 5.98. The monoisotopic (exact) mass is 686 g/mol. The fraction of sp³-hybridized carbons (Fsp3) is 0.472. The first kappa shape index (κ1) is 36.0. The summed E-state index contributed by atoms with van der Waals surface area (Å²) in [6.45, 7) is 6.29. The van der Waals surface area contributed by atoms with Gasteiger partial charge in [0.25, 0.3) is 5.91 Å². The number of carbonyl (C=O) groups excluding carboxylic acids is 6. The third-order valence-corrected chi connectivity index (χ3v) is 8.83. The van der Waals surface area contributed by atoms with Gasteiger partial charge in [0.05, 0.1) is 17.6 Å². The highest BCUT2D eigenvalue weighted by atomic mass is 16.2. The molecule has 14 nitrogen and oxygen atoms in total. The topological polar surface area (TPSA) is 184 Å². The van der Waals surface area contributed by atoms with E-state index in [9.17, 15) is 28.8 Å². The Bertz CT molecular complexity index is 1740. The fourth-order valence-electron chi connectivity index (χ4n) is 6.23. The number of imidazole rings is 1. The van der Waals surface area contributed by atoms with Crippen molar-refractivity contribution >= 4 is 46.5 Å². The molecule has 3 aromatic rings. The number of carbonyl (C=O) groups is 6. The maximum absolute atomic E-state index is 13.5. The Balaban J connectivity index is 1.42. The van der Waals surface area contributed by atoms with Gasteiger partial charge in [-0.05, 0) is 49.4 Å². The largest absolute Gasteiger partial charge is 0.354 e. The minimum absolute atomic E-state index is 0.0180. The summed E-state index contributed by atoms with van der Waals surface area (Å²) >= 11 is 0. The maximum Gasteiger partial charge on any atom is 0.251 e. The number of rotatable bonds is 5. The lowest BCUT2D eigenvalue weighted by atomic mass is 10.0. The van der Waals surface area contributed by atoms with Gasteiger partial charge in [0.15, 0.2) is 0 Å². The number of fused-ring (bicyclic) bond motifs is 1. The molecule has 0 aliphatic carbocycles. The van der Waals surface area contributed by atoms with Crippen LogP contribution in [-0.2, 0) is 43.4 Å². The van der Waals surface area contributed by atoms with Crippen LogP contribution in [0.25, 0.3) is 11.0 Å². The van der Waals surface area contributed by atoms with Gasteiger partial charge in [-0.3, -0.25) is 28.8 Å². The van der Waals surface area contributed by atoms with Crippen molar-refractivity contribution in [3.05, 3.63) is 65.5 Å². The lowest BCUT2D eigenvalue weighted by Crippen LogP contribution is -2.56. The highest BCUT2D eigenvalue weighted by Gasteiger charge is 2.33. The summed E-state index contributed by atoms with van der Waals surface area (Å²) in [5.74, 6) is -1.39. The molecule has 5 rings (SSSR count). The molecule has 2 aliphatic heterocycles. The summed E-state index contributed by atoms with van der Waals surface area (Å²) in [4.78, 5) is 85.0. The van der Waals surface area contributed by atoms with E-state index in [1.165, 1.54) is 4.90 Å². The van der Waals surface area contributed by atoms with Crippen LogP contribution in [-0.4, -0.2) is 94.2 Å². The smallest absolute Gasteiger partial charge is 0.251 e. The summed E-state index contributed by atoms with van der Waals surface area (Å²) in [6.07, 6.45) is 1.93. The Morgan fingerprint density at radius 2 is 1.68 bits per heavy atom. The lowest BCUT2D eigenvalue weighted by molar-refractivity contribution is -0.139. The van der Waals surface area contributed by atoms with Gasteiger partial charge in [-0.15, -0.1) is 0 Å². The zero-order chi connectivity index (χ0) is 35.8. The standard InChI is InChI=1S/C36H46N8O6/c1-22(2)18-30-40-26-11-10-25-20-29(26)44(30)16-7-14-37-33(47)23(3)39-35(49)28(19-24-8-5-4-6-9-24)42-32(46)21-43(17-15-38-34(25)48)36(50)27-12-13-31(45)41-27/h4-6,8-11,20,22-23,27-28H,7,12-19,21H2,1-3H3,(H,37,47)(H,38,48)(H,39,49)(H,41,45)(H,42,46)/t23-,27-,28+/m1/s1. The molecule has 0 radical (unpaired) electrons. The summed E-state index contributed by atoms with van der Waals surface area (Å²) in [5.41, 5.74) is 2.74. The van der Waals surface area contributed by atoms with E-state index in [-0.39, 0.29) is 50.1 Å². The van der Waals surface area contributed by atoms with E-state index in [1.807, 2.05) is 30.3 Å². The summed E-state index contributed by atoms with van der Waals surface area (Å²) in [7, 11) is 0. The molecule has 0 spiro atoms. The molecule has 50 heavy (non-hydrogen) atoms. The fourth-order valence-corrected chi connectivity index (χ4v) is 6.23. The molecular formula is C36H46N8O6. The van der Waals surface area contributed by atoms with Crippen molar-refractivity contribution in [3.63, 3.8) is 0 Å². The van der Waals surface area contributed by atoms with E-state index in [0.29, 0.717) is 31.0 Å². The van der Waals surface area contributed by atoms with E-state index < -0.39 is 42.4 Å². The Kier molecular flexibility index (Phi) is 11.8. The summed E-state index contributed by atoms with van der Waals surface area (Å²) in [6, 6.07) is 11.7. The second-order valence-corrected chi connectivity index (χ2v) is 13.3. The third-order valence-electron chi connectivity index (χ3n) is 8.83. The normalized spacial score (nSPS) is 21.6. The SMILES string of the molecule is CC(C)Cc1nc2ccc3cc2n1CCCNC(=O)[C@@H](C)NC(=O)[C@H](Cc1ccccc1)NC(=O)CN(C(=O)[C@H]1CCC(=O)N1)CCNC3=O. The van der Waals surface area contributed by atoms with Crippen LogP contribution >= 0.6 is 0 Å². The van der Waals surface area contributed by atoms with Gasteiger partial charge in [-0.25, -0.2) is 4.98 Å². The third kappa shape index (κ3) is 9.24. The average Bonchev–Trinajstić information content (AvgIpc) is 3.67. The van der Waals surface area contributed by atoms with Crippen molar-refractivity contribution in [3.8, 4) is 0 Å². The molecule has 6 amide bonds. The molecule has 1 saturated heterocycles. The molecule has 2 aromatic carbocycles. The van der Waals surface area contributed by atoms with Crippen LogP contribution in [0, 0.1) is 5.92 Å². The predicted octanol–water partition coefficient (Wildman–Crippen LogP) is 0.824. The summed E-state index contributed by atoms with van der Waals surface area (Å²) < 4.78 is 2.08. The maximum atomic E-state index is 13.5. The van der Waals surface area contributed by atoms with Crippen LogP contribution in [0.1, 0.15) is 61.8 Å². The van der Waals surface area contributed by atoms with Gasteiger partial charge in [-0.2, -0.15) is 0 Å². The molecule has 2 bridgehead atoms. The van der Waals surface area contributed by atoms with Gasteiger partial charge >= 0.3 is 0 Å². The molecule has 14 heteroatoms. The summed E-state index contributed by atoms with van der Waals surface area (Å²) in [5, 5.41) is 13.9. The molecule has 1 fully saturated rings. The van der Waals surface area contributed by atoms with Crippen molar-refractivity contribution in [1.29, 1.82) is 0 Å². The van der Waals surface area contributed by atoms with Crippen LogP contribution in [0.5, 0.6) is 0 Å². The first-order chi connectivity index (χ1) is 24.0. The average molecular weight is 687 g/mol. The number of hydrogen-bond donors (Lipinski definition) is 5. The minimum atomic E-state index is -1.05. The van der Waals surface area contributed by atoms with Crippen molar-refractivity contribution < 1.29 is 28.8 Å². The predicted molar refractivity (Wildman–Crippen MR) is 186 cm³/mol. The molecule has 3 atom stereocenters. The van der Waals surface area contributed by atoms with Crippen LogP contribution < -0.4 is 26.6 Å². The van der Waals surface area contributed by atoms with E-state index in [2.05, 4.69) is 45.0 Å². The Hall–Kier alpha value is -5.27. The van der Waals surface area contributed by atoms with Crippen molar-refractivity contribution in [2.75, 3.05) is 26.2 Å². The number of benzene rings is 2. The molecule has 3 heterocycles. The Morgan fingerprint density at radius 1 is 0.900 bits per heavy atom. The molecule has 0 unspecified atom stereocenters. The van der Waals surface area contributed by atoms with E-state index in [1.54, 1.807) is 25.1 Å². The number of aromatic nitrogens is 2. The van der Waals surface area contributed by atoms with E-state index in [4.69, 9.17) is 4.98 Å². The minimum Gasteiger partial charge on any atom is -0.354 e.